The van der Waals surface area contributed by atoms with Gasteiger partial charge in [-0.25, -0.2) is 4.98 Å². The molecule has 143 valence electrons. The Bertz CT molecular complexity index is 1170. The second kappa shape index (κ2) is 6.48. The molecule has 4 aromatic rings. The minimum atomic E-state index is -0.878. The van der Waals surface area contributed by atoms with Crippen molar-refractivity contribution in [3.8, 4) is 11.3 Å². The molecule has 0 unspecified atom stereocenters. The van der Waals surface area contributed by atoms with Gasteiger partial charge in [-0.2, -0.15) is 9.61 Å². The van der Waals surface area contributed by atoms with E-state index in [-0.39, 0.29) is 12.0 Å². The van der Waals surface area contributed by atoms with Crippen LogP contribution in [0.25, 0.3) is 27.8 Å². The highest BCUT2D eigenvalue weighted by Crippen LogP contribution is 2.32. The predicted molar refractivity (Wildman–Crippen MR) is 108 cm³/mol. The van der Waals surface area contributed by atoms with Crippen LogP contribution < -0.4 is 5.32 Å². The molecule has 3 aromatic heterocycles. The molecule has 0 spiro atoms. The number of hydrogen-bond acceptors (Lipinski definition) is 5. The van der Waals surface area contributed by atoms with Gasteiger partial charge in [-0.15, -0.1) is 0 Å². The summed E-state index contributed by atoms with van der Waals surface area (Å²) in [7, 11) is 0. The molecule has 7 nitrogen and oxygen atoms in total. The number of aliphatic hydroxyl groups is 2. The standard InChI is InChI=1S/C20H19ClN5O2/c1-10-6-16(20(28)19(10)27)24-17-4-5-22-18-8-15(25-26(17)18)13-9-23-14-3-2-11(21)7-12(13)14/h2-5,7-10,16,19-20,23-24,27-28H,1,6H2/t10-,16-,19-,20+/m1/s1. The molecule has 4 N–H and O–H groups in total. The van der Waals surface area contributed by atoms with E-state index in [9.17, 15) is 10.2 Å². The molecule has 0 saturated heterocycles. The van der Waals surface area contributed by atoms with Crippen molar-refractivity contribution in [3.63, 3.8) is 0 Å². The average Bonchev–Trinajstić information content (AvgIpc) is 3.35. The van der Waals surface area contributed by atoms with E-state index in [0.717, 1.165) is 22.2 Å². The summed E-state index contributed by atoms with van der Waals surface area (Å²) in [5.74, 6) is 0.480. The topological polar surface area (TPSA) is 98.5 Å². The number of H-pyrrole nitrogens is 1. The van der Waals surface area contributed by atoms with Crippen molar-refractivity contribution < 1.29 is 10.2 Å². The number of anilines is 1. The summed E-state index contributed by atoms with van der Waals surface area (Å²) in [6, 6.07) is 9.08. The molecule has 1 aliphatic carbocycles. The highest BCUT2D eigenvalue weighted by atomic mass is 35.5. The second-order valence-electron chi connectivity index (χ2n) is 7.25. The molecule has 28 heavy (non-hydrogen) atoms. The fourth-order valence-electron chi connectivity index (χ4n) is 3.90. The number of fused-ring (bicyclic) bond motifs is 2. The molecule has 8 heteroatoms. The molecule has 5 rings (SSSR count). The Morgan fingerprint density at radius 1 is 1.21 bits per heavy atom. The summed E-state index contributed by atoms with van der Waals surface area (Å²) >= 11 is 6.16. The summed E-state index contributed by atoms with van der Waals surface area (Å²) in [5.41, 5.74) is 3.35. The van der Waals surface area contributed by atoms with Gasteiger partial charge in [0.25, 0.3) is 0 Å². The van der Waals surface area contributed by atoms with Crippen molar-refractivity contribution >= 4 is 34.0 Å². The third-order valence-corrected chi connectivity index (χ3v) is 5.65. The lowest BCUT2D eigenvalue weighted by molar-refractivity contribution is 0.0256. The molecule has 4 atom stereocenters. The summed E-state index contributed by atoms with van der Waals surface area (Å²) < 4.78 is 1.70. The van der Waals surface area contributed by atoms with Crippen LogP contribution in [0.1, 0.15) is 6.42 Å². The van der Waals surface area contributed by atoms with Gasteiger partial charge in [-0.3, -0.25) is 0 Å². The number of nitrogens with one attached hydrogen (secondary N) is 2. The van der Waals surface area contributed by atoms with Gasteiger partial charge in [0.05, 0.1) is 17.8 Å². The number of rotatable bonds is 3. The molecule has 0 aliphatic heterocycles. The molecular formula is C20H19ClN5O2. The lowest BCUT2D eigenvalue weighted by Crippen LogP contribution is -2.35. The van der Waals surface area contributed by atoms with E-state index in [2.05, 4.69) is 22.2 Å². The number of aromatic nitrogens is 4. The molecular weight excluding hydrogens is 378 g/mol. The largest absolute Gasteiger partial charge is 0.390 e. The SMILES string of the molecule is [CH2][C@@H]1C[C@@H](Nc2ccnc3cc(-c4c[nH]c5ccc(Cl)cc45)nn23)[C@H](O)[C@@H]1O. The van der Waals surface area contributed by atoms with Crippen molar-refractivity contribution in [1.82, 2.24) is 19.6 Å². The summed E-state index contributed by atoms with van der Waals surface area (Å²) in [5, 5.41) is 29.9. The van der Waals surface area contributed by atoms with Crippen LogP contribution in [0, 0.1) is 12.8 Å². The van der Waals surface area contributed by atoms with Crippen molar-refractivity contribution in [2.24, 2.45) is 5.92 Å². The molecule has 1 aromatic carbocycles. The van der Waals surface area contributed by atoms with Crippen molar-refractivity contribution in [2.45, 2.75) is 24.7 Å². The molecule has 3 heterocycles. The van der Waals surface area contributed by atoms with E-state index >= 15 is 0 Å². The van der Waals surface area contributed by atoms with E-state index < -0.39 is 12.2 Å². The minimum absolute atomic E-state index is 0.214. The maximum absolute atomic E-state index is 10.2. The number of aromatic amines is 1. The van der Waals surface area contributed by atoms with Gasteiger partial charge >= 0.3 is 0 Å². The Morgan fingerprint density at radius 3 is 2.86 bits per heavy atom. The molecule has 0 amide bonds. The third kappa shape index (κ3) is 2.74. The van der Waals surface area contributed by atoms with Crippen LogP contribution in [0.15, 0.2) is 42.7 Å². The van der Waals surface area contributed by atoms with Gasteiger partial charge in [-0.05, 0) is 43.5 Å². The monoisotopic (exact) mass is 396 g/mol. The summed E-state index contributed by atoms with van der Waals surface area (Å²) in [6.07, 6.45) is 2.45. The summed E-state index contributed by atoms with van der Waals surface area (Å²) in [4.78, 5) is 7.63. The number of aliphatic hydroxyl groups excluding tert-OH is 2. The number of hydrogen-bond donors (Lipinski definition) is 4. The van der Waals surface area contributed by atoms with E-state index in [4.69, 9.17) is 16.7 Å². The van der Waals surface area contributed by atoms with Crippen molar-refractivity contribution in [1.29, 1.82) is 0 Å². The number of halogens is 1. The van der Waals surface area contributed by atoms with Crippen LogP contribution in [-0.4, -0.2) is 48.0 Å². The first-order chi connectivity index (χ1) is 13.5. The van der Waals surface area contributed by atoms with E-state index in [1.54, 1.807) is 16.8 Å². The van der Waals surface area contributed by atoms with Crippen LogP contribution in [0.4, 0.5) is 5.82 Å². The maximum atomic E-state index is 10.2. The number of nitrogens with zero attached hydrogens (tertiary/aromatic N) is 3. The van der Waals surface area contributed by atoms with E-state index in [0.29, 0.717) is 22.9 Å². The predicted octanol–water partition coefficient (Wildman–Crippen LogP) is 2.89. The van der Waals surface area contributed by atoms with E-state index in [1.807, 2.05) is 30.5 Å². The Kier molecular flexibility index (Phi) is 4.04. The zero-order chi connectivity index (χ0) is 19.4. The smallest absolute Gasteiger partial charge is 0.157 e. The molecule has 1 aliphatic rings. The quantitative estimate of drug-likeness (QED) is 0.427. The van der Waals surface area contributed by atoms with Crippen LogP contribution in [-0.2, 0) is 0 Å². The molecule has 1 fully saturated rings. The Balaban J connectivity index is 1.55. The van der Waals surface area contributed by atoms with Crippen molar-refractivity contribution in [2.75, 3.05) is 5.32 Å². The van der Waals surface area contributed by atoms with Gasteiger partial charge in [0.15, 0.2) is 5.65 Å². The van der Waals surface area contributed by atoms with Gasteiger partial charge in [0.2, 0.25) is 0 Å². The lowest BCUT2D eigenvalue weighted by atomic mass is 10.1. The first kappa shape index (κ1) is 17.5. The van der Waals surface area contributed by atoms with Gasteiger partial charge < -0.3 is 20.5 Å². The Morgan fingerprint density at radius 2 is 2.07 bits per heavy atom. The van der Waals surface area contributed by atoms with Gasteiger partial charge in [0, 0.05) is 39.9 Å². The maximum Gasteiger partial charge on any atom is 0.157 e. The zero-order valence-electron chi connectivity index (χ0n) is 14.9. The summed E-state index contributed by atoms with van der Waals surface area (Å²) in [6.45, 7) is 3.90. The highest BCUT2D eigenvalue weighted by molar-refractivity contribution is 6.31. The van der Waals surface area contributed by atoms with Crippen LogP contribution in [0.5, 0.6) is 0 Å². The van der Waals surface area contributed by atoms with Crippen LogP contribution in [0.2, 0.25) is 5.02 Å². The van der Waals surface area contributed by atoms with Crippen molar-refractivity contribution in [3.05, 3.63) is 54.7 Å². The Hall–Kier alpha value is -2.61. The van der Waals surface area contributed by atoms with Gasteiger partial charge in [-0.1, -0.05) is 11.6 Å². The first-order valence-corrected chi connectivity index (χ1v) is 9.46. The fraction of sp³-hybridized carbons (Fsp3) is 0.250. The first-order valence-electron chi connectivity index (χ1n) is 9.09. The average molecular weight is 397 g/mol. The second-order valence-corrected chi connectivity index (χ2v) is 7.69. The third-order valence-electron chi connectivity index (χ3n) is 5.41. The normalized spacial score (nSPS) is 25.0. The lowest BCUT2D eigenvalue weighted by Gasteiger charge is -2.19. The van der Waals surface area contributed by atoms with Crippen LogP contribution in [0.3, 0.4) is 0 Å². The van der Waals surface area contributed by atoms with Gasteiger partial charge in [0.1, 0.15) is 11.9 Å². The molecule has 1 radical (unpaired) electrons. The van der Waals surface area contributed by atoms with E-state index in [1.165, 1.54) is 0 Å². The fourth-order valence-corrected chi connectivity index (χ4v) is 4.07. The highest BCUT2D eigenvalue weighted by Gasteiger charge is 2.39. The molecule has 0 bridgehead atoms. The number of benzene rings is 1. The molecule has 1 saturated carbocycles. The van der Waals surface area contributed by atoms with Crippen LogP contribution >= 0.6 is 11.6 Å². The minimum Gasteiger partial charge on any atom is -0.390 e. The Labute approximate surface area is 166 Å². The zero-order valence-corrected chi connectivity index (χ0v) is 15.6.